The minimum absolute atomic E-state index is 1.21. The van der Waals surface area contributed by atoms with Crippen LogP contribution in [0.3, 0.4) is 0 Å². The van der Waals surface area contributed by atoms with Gasteiger partial charge in [-0.2, -0.15) is 0 Å². The van der Waals surface area contributed by atoms with Gasteiger partial charge < -0.3 is 0 Å². The second-order valence-corrected chi connectivity index (χ2v) is 7.74. The van der Waals surface area contributed by atoms with Gasteiger partial charge in [-0.15, -0.1) is 0 Å². The maximum atomic E-state index is 2.54. The average Bonchev–Trinajstić information content (AvgIpc) is 3.00. The van der Waals surface area contributed by atoms with Crippen LogP contribution in [-0.2, 0) is 19.5 Å². The molecule has 2 nitrogen and oxygen atoms in total. The summed E-state index contributed by atoms with van der Waals surface area (Å²) in [6.07, 6.45) is 25.2. The first-order valence-electron chi connectivity index (χ1n) is 11.4. The zero-order valence-corrected chi connectivity index (χ0v) is 17.6. The Morgan fingerprint density at radius 2 is 1.24 bits per heavy atom. The third-order valence-electron chi connectivity index (χ3n) is 5.35. The van der Waals surface area contributed by atoms with E-state index in [2.05, 4.69) is 42.3 Å². The molecule has 1 aromatic rings. The van der Waals surface area contributed by atoms with Gasteiger partial charge in [-0.25, -0.2) is 9.13 Å². The topological polar surface area (TPSA) is 8.81 Å². The SMILES string of the molecule is CCCCCCCCCCc1n(CCCCC)cc[n+]1CCCCC. The molecule has 2 heteroatoms. The quantitative estimate of drug-likeness (QED) is 0.215. The standard InChI is InChI=1S/C23H45N2/c1-4-7-10-11-12-13-14-15-18-23-24(19-16-8-5-2)21-22-25(23)20-17-9-6-3/h21-22H,4-20H2,1-3H3/q+1. The molecule has 0 N–H and O–H groups in total. The molecule has 0 amide bonds. The minimum atomic E-state index is 1.21. The first-order valence-corrected chi connectivity index (χ1v) is 11.4. The number of unbranched alkanes of at least 4 members (excludes halogenated alkanes) is 11. The van der Waals surface area contributed by atoms with Crippen molar-refractivity contribution < 1.29 is 4.57 Å². The lowest BCUT2D eigenvalue weighted by molar-refractivity contribution is -0.704. The third kappa shape index (κ3) is 10.1. The van der Waals surface area contributed by atoms with E-state index < -0.39 is 0 Å². The van der Waals surface area contributed by atoms with Crippen LogP contribution in [0.5, 0.6) is 0 Å². The molecule has 0 radical (unpaired) electrons. The van der Waals surface area contributed by atoms with Gasteiger partial charge in [0, 0.05) is 6.42 Å². The molecule has 0 saturated carbocycles. The Morgan fingerprint density at radius 3 is 1.92 bits per heavy atom. The van der Waals surface area contributed by atoms with Crippen LogP contribution in [0.4, 0.5) is 0 Å². The summed E-state index contributed by atoms with van der Waals surface area (Å²) in [5, 5.41) is 0. The molecule has 1 aromatic heterocycles. The second-order valence-electron chi connectivity index (χ2n) is 7.74. The number of aryl methyl sites for hydroxylation is 2. The van der Waals surface area contributed by atoms with Gasteiger partial charge in [-0.05, 0) is 32.1 Å². The summed E-state index contributed by atoms with van der Waals surface area (Å²) in [5.41, 5.74) is 0. The van der Waals surface area contributed by atoms with E-state index in [1.165, 1.54) is 109 Å². The Labute approximate surface area is 158 Å². The predicted octanol–water partition coefficient (Wildman–Crippen LogP) is 6.84. The van der Waals surface area contributed by atoms with E-state index in [4.69, 9.17) is 0 Å². The molecule has 0 atom stereocenters. The highest BCUT2D eigenvalue weighted by Gasteiger charge is 2.16. The number of imidazole rings is 1. The molecule has 0 aliphatic carbocycles. The van der Waals surface area contributed by atoms with Crippen LogP contribution in [0.1, 0.15) is 116 Å². The average molecular weight is 350 g/mol. The third-order valence-corrected chi connectivity index (χ3v) is 5.35. The summed E-state index contributed by atoms with van der Waals surface area (Å²) in [7, 11) is 0. The van der Waals surface area contributed by atoms with E-state index in [1.807, 2.05) is 0 Å². The highest BCUT2D eigenvalue weighted by molar-refractivity contribution is 4.84. The van der Waals surface area contributed by atoms with Gasteiger partial charge in [-0.1, -0.05) is 78.6 Å². The number of hydrogen-bond donors (Lipinski definition) is 0. The van der Waals surface area contributed by atoms with E-state index in [1.54, 1.807) is 5.82 Å². The van der Waals surface area contributed by atoms with E-state index in [0.29, 0.717) is 0 Å². The molecule has 25 heavy (non-hydrogen) atoms. The van der Waals surface area contributed by atoms with Crippen LogP contribution in [0.2, 0.25) is 0 Å². The van der Waals surface area contributed by atoms with Gasteiger partial charge in [-0.3, -0.25) is 0 Å². The molecule has 0 aromatic carbocycles. The van der Waals surface area contributed by atoms with Crippen molar-refractivity contribution in [2.24, 2.45) is 0 Å². The fraction of sp³-hybridized carbons (Fsp3) is 0.870. The van der Waals surface area contributed by atoms with Gasteiger partial charge in [0.05, 0.1) is 13.1 Å². The van der Waals surface area contributed by atoms with Crippen molar-refractivity contribution in [2.45, 2.75) is 130 Å². The summed E-state index contributed by atoms with van der Waals surface area (Å²) < 4.78 is 5.09. The Hall–Kier alpha value is -0.790. The van der Waals surface area contributed by atoms with Crippen molar-refractivity contribution in [3.05, 3.63) is 18.2 Å². The van der Waals surface area contributed by atoms with Crippen LogP contribution >= 0.6 is 0 Å². The molecule has 1 rings (SSSR count). The molecule has 0 bridgehead atoms. The van der Waals surface area contributed by atoms with Crippen molar-refractivity contribution in [3.8, 4) is 0 Å². The first kappa shape index (κ1) is 22.3. The summed E-state index contributed by atoms with van der Waals surface area (Å²) in [6, 6.07) is 0. The van der Waals surface area contributed by atoms with Gasteiger partial charge in [0.15, 0.2) is 0 Å². The van der Waals surface area contributed by atoms with Gasteiger partial charge >= 0.3 is 0 Å². The van der Waals surface area contributed by atoms with Crippen molar-refractivity contribution in [3.63, 3.8) is 0 Å². The number of hydrogen-bond acceptors (Lipinski definition) is 0. The number of nitrogens with zero attached hydrogens (tertiary/aromatic N) is 2. The van der Waals surface area contributed by atoms with Gasteiger partial charge in [0.2, 0.25) is 0 Å². The van der Waals surface area contributed by atoms with Crippen molar-refractivity contribution in [1.82, 2.24) is 4.57 Å². The van der Waals surface area contributed by atoms with Crippen LogP contribution < -0.4 is 4.57 Å². The van der Waals surface area contributed by atoms with E-state index in [9.17, 15) is 0 Å². The molecule has 0 aliphatic heterocycles. The zero-order chi connectivity index (χ0) is 18.2. The second kappa shape index (κ2) is 15.5. The van der Waals surface area contributed by atoms with Crippen molar-refractivity contribution in [1.29, 1.82) is 0 Å². The Morgan fingerprint density at radius 1 is 0.680 bits per heavy atom. The molecule has 0 fully saturated rings. The fourth-order valence-corrected chi connectivity index (χ4v) is 3.67. The minimum Gasteiger partial charge on any atom is -0.234 e. The lowest BCUT2D eigenvalue weighted by atomic mass is 10.1. The summed E-state index contributed by atoms with van der Waals surface area (Å²) in [6.45, 7) is 9.30. The van der Waals surface area contributed by atoms with Crippen LogP contribution in [0.15, 0.2) is 12.4 Å². The van der Waals surface area contributed by atoms with E-state index in [0.717, 1.165) is 0 Å². The normalized spacial score (nSPS) is 11.3. The molecule has 0 spiro atoms. The number of rotatable bonds is 17. The molecule has 146 valence electrons. The maximum Gasteiger partial charge on any atom is 0.256 e. The summed E-state index contributed by atoms with van der Waals surface area (Å²) in [4.78, 5) is 0. The van der Waals surface area contributed by atoms with Crippen LogP contribution in [0.25, 0.3) is 0 Å². The van der Waals surface area contributed by atoms with E-state index >= 15 is 0 Å². The highest BCUT2D eigenvalue weighted by atomic mass is 15.1. The van der Waals surface area contributed by atoms with Gasteiger partial charge in [0.1, 0.15) is 12.4 Å². The Bertz CT molecular complexity index is 381. The largest absolute Gasteiger partial charge is 0.256 e. The van der Waals surface area contributed by atoms with Crippen molar-refractivity contribution in [2.75, 3.05) is 0 Å². The monoisotopic (exact) mass is 349 g/mol. The van der Waals surface area contributed by atoms with Crippen LogP contribution in [-0.4, -0.2) is 4.57 Å². The molecule has 0 aliphatic rings. The first-order chi connectivity index (χ1) is 12.3. The van der Waals surface area contributed by atoms with Crippen LogP contribution in [0, 0.1) is 0 Å². The van der Waals surface area contributed by atoms with Gasteiger partial charge in [0.25, 0.3) is 5.82 Å². The molecule has 1 heterocycles. The molecular formula is C23H45N2+. The molecular weight excluding hydrogens is 304 g/mol. The summed E-state index contributed by atoms with van der Waals surface area (Å²) >= 11 is 0. The predicted molar refractivity (Wildman–Crippen MR) is 110 cm³/mol. The van der Waals surface area contributed by atoms with E-state index in [-0.39, 0.29) is 0 Å². The maximum absolute atomic E-state index is 2.54. The Balaban J connectivity index is 2.39. The smallest absolute Gasteiger partial charge is 0.234 e. The van der Waals surface area contributed by atoms with Crippen molar-refractivity contribution >= 4 is 0 Å². The molecule has 0 unspecified atom stereocenters. The summed E-state index contributed by atoms with van der Waals surface area (Å²) in [5.74, 6) is 1.58. The highest BCUT2D eigenvalue weighted by Crippen LogP contribution is 2.11. The zero-order valence-electron chi connectivity index (χ0n) is 17.6. The lowest BCUT2D eigenvalue weighted by Crippen LogP contribution is -2.37. The molecule has 0 saturated heterocycles. The Kier molecular flexibility index (Phi) is 13.8. The fourth-order valence-electron chi connectivity index (χ4n) is 3.67. The number of aromatic nitrogens is 2. The lowest BCUT2D eigenvalue weighted by Gasteiger charge is -2.06.